The molecule has 0 unspecified atom stereocenters. The van der Waals surface area contributed by atoms with Gasteiger partial charge in [0.2, 0.25) is 0 Å². The number of para-hydroxylation sites is 1. The van der Waals surface area contributed by atoms with Gasteiger partial charge in [0, 0.05) is 43.3 Å². The summed E-state index contributed by atoms with van der Waals surface area (Å²) in [6.07, 6.45) is 5.82. The quantitative estimate of drug-likeness (QED) is 0.882. The molecule has 1 aromatic rings. The van der Waals surface area contributed by atoms with Crippen LogP contribution in [0.2, 0.25) is 0 Å². The van der Waals surface area contributed by atoms with Crippen molar-refractivity contribution in [3.05, 3.63) is 29.8 Å². The van der Waals surface area contributed by atoms with Gasteiger partial charge < -0.3 is 19.7 Å². The van der Waals surface area contributed by atoms with Crippen molar-refractivity contribution in [3.8, 4) is 5.75 Å². The topological polar surface area (TPSA) is 54.0 Å². The summed E-state index contributed by atoms with van der Waals surface area (Å²) < 4.78 is 10.9. The first-order chi connectivity index (χ1) is 13.2. The molecule has 6 heteroatoms. The summed E-state index contributed by atoms with van der Waals surface area (Å²) >= 11 is 0. The van der Waals surface area contributed by atoms with Crippen molar-refractivity contribution in [2.45, 2.75) is 56.8 Å². The number of benzene rings is 1. The van der Waals surface area contributed by atoms with Crippen molar-refractivity contribution in [2.24, 2.45) is 0 Å². The number of methoxy groups -OCH3 is 1. The van der Waals surface area contributed by atoms with Crippen LogP contribution in [-0.4, -0.2) is 67.4 Å². The van der Waals surface area contributed by atoms with Gasteiger partial charge in [-0.1, -0.05) is 24.6 Å². The molecule has 3 fully saturated rings. The van der Waals surface area contributed by atoms with Crippen LogP contribution in [-0.2, 0) is 11.3 Å². The number of rotatable bonds is 4. The van der Waals surface area contributed by atoms with E-state index in [2.05, 4.69) is 22.3 Å². The third-order valence-electron chi connectivity index (χ3n) is 6.30. The van der Waals surface area contributed by atoms with Gasteiger partial charge in [0.1, 0.15) is 5.75 Å². The number of ether oxygens (including phenoxy) is 2. The zero-order valence-electron chi connectivity index (χ0n) is 16.2. The number of urea groups is 1. The first kappa shape index (κ1) is 18.6. The van der Waals surface area contributed by atoms with Gasteiger partial charge in [0.15, 0.2) is 0 Å². The Hall–Kier alpha value is -1.79. The lowest BCUT2D eigenvalue weighted by Crippen LogP contribution is -2.58. The van der Waals surface area contributed by atoms with Crippen LogP contribution in [0.4, 0.5) is 4.79 Å². The second kappa shape index (κ2) is 8.48. The summed E-state index contributed by atoms with van der Waals surface area (Å²) in [5.74, 6) is 0.971. The van der Waals surface area contributed by atoms with E-state index >= 15 is 0 Å². The Bertz CT molecular complexity index is 633. The summed E-state index contributed by atoms with van der Waals surface area (Å²) in [5, 5.41) is 3.30. The molecule has 0 saturated carbocycles. The van der Waals surface area contributed by atoms with E-state index in [1.165, 1.54) is 24.8 Å². The smallest absolute Gasteiger partial charge is 0.317 e. The van der Waals surface area contributed by atoms with E-state index in [4.69, 9.17) is 9.47 Å². The molecule has 2 amide bonds. The lowest BCUT2D eigenvalue weighted by molar-refractivity contribution is 0.0156. The van der Waals surface area contributed by atoms with Crippen LogP contribution in [0, 0.1) is 0 Å². The zero-order valence-corrected chi connectivity index (χ0v) is 16.2. The van der Waals surface area contributed by atoms with Crippen LogP contribution >= 0.6 is 0 Å². The number of piperidine rings is 2. The number of carbonyl (C=O) groups excluding carboxylic acids is 1. The fourth-order valence-electron chi connectivity index (χ4n) is 4.92. The number of nitrogens with one attached hydrogen (secondary N) is 1. The number of morpholine rings is 1. The minimum atomic E-state index is 0.0829. The molecule has 4 rings (SSSR count). The van der Waals surface area contributed by atoms with E-state index in [0.29, 0.717) is 38.4 Å². The first-order valence-electron chi connectivity index (χ1n) is 10.3. The van der Waals surface area contributed by atoms with Gasteiger partial charge in [-0.25, -0.2) is 4.79 Å². The van der Waals surface area contributed by atoms with Crippen LogP contribution in [0.5, 0.6) is 5.75 Å². The highest BCUT2D eigenvalue weighted by atomic mass is 16.5. The maximum atomic E-state index is 12.6. The van der Waals surface area contributed by atoms with Crippen LogP contribution in [0.25, 0.3) is 0 Å². The van der Waals surface area contributed by atoms with Crippen LogP contribution in [0.3, 0.4) is 0 Å². The summed E-state index contributed by atoms with van der Waals surface area (Å²) in [4.78, 5) is 17.1. The lowest BCUT2D eigenvalue weighted by Gasteiger charge is -2.49. The normalized spacial score (nSPS) is 28.6. The lowest BCUT2D eigenvalue weighted by atomic mass is 9.81. The van der Waals surface area contributed by atoms with Gasteiger partial charge in [0.05, 0.1) is 20.3 Å². The molecule has 1 aromatic carbocycles. The third-order valence-corrected chi connectivity index (χ3v) is 6.30. The molecule has 148 valence electrons. The fraction of sp³-hybridized carbons (Fsp3) is 0.667. The van der Waals surface area contributed by atoms with E-state index in [1.807, 2.05) is 17.0 Å². The zero-order chi connectivity index (χ0) is 18.6. The number of nitrogens with zero attached hydrogens (tertiary/aromatic N) is 2. The summed E-state index contributed by atoms with van der Waals surface area (Å²) in [7, 11) is 1.74. The van der Waals surface area contributed by atoms with Gasteiger partial charge in [-0.15, -0.1) is 0 Å². The van der Waals surface area contributed by atoms with Crippen molar-refractivity contribution in [1.29, 1.82) is 0 Å². The first-order valence-corrected chi connectivity index (χ1v) is 10.3. The second-order valence-corrected chi connectivity index (χ2v) is 7.94. The van der Waals surface area contributed by atoms with Crippen LogP contribution in [0.15, 0.2) is 24.3 Å². The molecule has 3 aliphatic rings. The maximum absolute atomic E-state index is 12.6. The molecule has 6 nitrogen and oxygen atoms in total. The molecule has 2 atom stereocenters. The molecule has 0 aromatic heterocycles. The molecule has 3 aliphatic heterocycles. The maximum Gasteiger partial charge on any atom is 0.317 e. The standard InChI is InChI=1S/C21H31N3O3/c1-26-20-8-3-2-5-16(20)15-24-18-6-4-7-19(24)14-17(13-18)22-21(25)23-9-11-27-12-10-23/h2-3,5,8,17-19H,4,6-7,9-15H2,1H3,(H,22,25)/t18-,19-/m1/s1. The number of hydrogen-bond acceptors (Lipinski definition) is 4. The van der Waals surface area contributed by atoms with Gasteiger partial charge in [-0.2, -0.15) is 0 Å². The van der Waals surface area contributed by atoms with E-state index in [0.717, 1.165) is 25.1 Å². The van der Waals surface area contributed by atoms with Gasteiger partial charge in [-0.05, 0) is 31.7 Å². The Labute approximate surface area is 161 Å². The molecule has 2 bridgehead atoms. The van der Waals surface area contributed by atoms with Gasteiger partial charge >= 0.3 is 6.03 Å². The molecule has 0 radical (unpaired) electrons. The molecular formula is C21H31N3O3. The SMILES string of the molecule is COc1ccccc1CN1[C@@H]2CCC[C@@H]1CC(NC(=O)N1CCOCC1)C2. The van der Waals surface area contributed by atoms with E-state index in [1.54, 1.807) is 7.11 Å². The molecule has 0 aliphatic carbocycles. The number of carbonyl (C=O) groups is 1. The average Bonchev–Trinajstić information content (AvgIpc) is 2.69. The van der Waals surface area contributed by atoms with Crippen molar-refractivity contribution in [2.75, 3.05) is 33.4 Å². The minimum Gasteiger partial charge on any atom is -0.496 e. The Morgan fingerprint density at radius 3 is 2.59 bits per heavy atom. The molecule has 3 saturated heterocycles. The Kier molecular flexibility index (Phi) is 5.83. The molecule has 1 N–H and O–H groups in total. The van der Waals surface area contributed by atoms with Gasteiger partial charge in [-0.3, -0.25) is 4.90 Å². The van der Waals surface area contributed by atoms with Gasteiger partial charge in [0.25, 0.3) is 0 Å². The largest absolute Gasteiger partial charge is 0.496 e. The highest BCUT2D eigenvalue weighted by Crippen LogP contribution is 2.36. The Balaban J connectivity index is 1.39. The van der Waals surface area contributed by atoms with Crippen molar-refractivity contribution in [3.63, 3.8) is 0 Å². The van der Waals surface area contributed by atoms with E-state index in [9.17, 15) is 4.79 Å². The number of hydrogen-bond donors (Lipinski definition) is 1. The molecule has 27 heavy (non-hydrogen) atoms. The monoisotopic (exact) mass is 373 g/mol. The summed E-state index contributed by atoms with van der Waals surface area (Å²) in [6, 6.07) is 9.76. The second-order valence-electron chi connectivity index (χ2n) is 7.94. The average molecular weight is 373 g/mol. The van der Waals surface area contributed by atoms with E-state index < -0.39 is 0 Å². The summed E-state index contributed by atoms with van der Waals surface area (Å²) in [5.41, 5.74) is 1.26. The highest BCUT2D eigenvalue weighted by Gasteiger charge is 2.39. The molecule has 0 spiro atoms. The van der Waals surface area contributed by atoms with E-state index in [-0.39, 0.29) is 12.1 Å². The Morgan fingerprint density at radius 2 is 1.89 bits per heavy atom. The predicted molar refractivity (Wildman–Crippen MR) is 104 cm³/mol. The van der Waals surface area contributed by atoms with Crippen LogP contribution in [0.1, 0.15) is 37.7 Å². The minimum absolute atomic E-state index is 0.0829. The summed E-state index contributed by atoms with van der Waals surface area (Å²) in [6.45, 7) is 3.63. The molecular weight excluding hydrogens is 342 g/mol. The fourth-order valence-corrected chi connectivity index (χ4v) is 4.92. The third kappa shape index (κ3) is 4.22. The number of amides is 2. The Morgan fingerprint density at radius 1 is 1.19 bits per heavy atom. The van der Waals surface area contributed by atoms with Crippen molar-refractivity contribution < 1.29 is 14.3 Å². The number of fused-ring (bicyclic) bond motifs is 2. The van der Waals surface area contributed by atoms with Crippen molar-refractivity contribution >= 4 is 6.03 Å². The highest BCUT2D eigenvalue weighted by molar-refractivity contribution is 5.74. The predicted octanol–water partition coefficient (Wildman–Crippen LogP) is 2.62. The van der Waals surface area contributed by atoms with Crippen molar-refractivity contribution in [1.82, 2.24) is 15.1 Å². The molecule has 3 heterocycles. The van der Waals surface area contributed by atoms with Crippen LogP contribution < -0.4 is 10.1 Å².